The molecule has 0 bridgehead atoms. The second-order valence-electron chi connectivity index (χ2n) is 6.08. The van der Waals surface area contributed by atoms with E-state index in [9.17, 15) is 8.42 Å². The number of hydrogen-bond acceptors (Lipinski definition) is 7. The van der Waals surface area contributed by atoms with Crippen molar-refractivity contribution in [3.8, 4) is 23.0 Å². The highest BCUT2D eigenvalue weighted by Crippen LogP contribution is 2.34. The first-order chi connectivity index (χ1) is 12.9. The number of methoxy groups -OCH3 is 1. The molecule has 0 radical (unpaired) electrons. The van der Waals surface area contributed by atoms with Gasteiger partial charge in [0, 0.05) is 6.26 Å². The van der Waals surface area contributed by atoms with Gasteiger partial charge in [0.05, 0.1) is 29.9 Å². The summed E-state index contributed by atoms with van der Waals surface area (Å²) in [4.78, 5) is 9.24. The standard InChI is InChI=1S/C18H22N4O4S/c1-5-9-26-14-8-7-11(27(4,23)24)10-12(14)17-19-15-13(6-2)21-22-16(15)18(20-17)25-3/h7-8,10H,5-6,9H2,1-4H3,(H,21,22). The van der Waals surface area contributed by atoms with Crippen LogP contribution in [0.5, 0.6) is 11.6 Å². The Morgan fingerprint density at radius 3 is 2.59 bits per heavy atom. The Bertz CT molecular complexity index is 1080. The van der Waals surface area contributed by atoms with Crippen molar-refractivity contribution < 1.29 is 17.9 Å². The number of aromatic nitrogens is 4. The summed E-state index contributed by atoms with van der Waals surface area (Å²) in [7, 11) is -1.88. The molecule has 144 valence electrons. The molecule has 8 nitrogen and oxygen atoms in total. The molecule has 27 heavy (non-hydrogen) atoms. The van der Waals surface area contributed by atoms with Gasteiger partial charge in [-0.2, -0.15) is 10.1 Å². The van der Waals surface area contributed by atoms with Crippen molar-refractivity contribution >= 4 is 20.9 Å². The van der Waals surface area contributed by atoms with Gasteiger partial charge in [-0.25, -0.2) is 13.4 Å². The van der Waals surface area contributed by atoms with Crippen molar-refractivity contribution in [2.24, 2.45) is 0 Å². The van der Waals surface area contributed by atoms with Crippen molar-refractivity contribution in [1.82, 2.24) is 20.2 Å². The van der Waals surface area contributed by atoms with Gasteiger partial charge in [-0.3, -0.25) is 5.10 Å². The van der Waals surface area contributed by atoms with E-state index in [0.29, 0.717) is 47.1 Å². The third-order valence-corrected chi connectivity index (χ3v) is 5.17. The molecule has 0 atom stereocenters. The zero-order chi connectivity index (χ0) is 19.6. The highest BCUT2D eigenvalue weighted by Gasteiger charge is 2.20. The molecule has 3 rings (SSSR count). The van der Waals surface area contributed by atoms with Gasteiger partial charge in [0.15, 0.2) is 15.7 Å². The second kappa shape index (κ2) is 7.51. The van der Waals surface area contributed by atoms with E-state index < -0.39 is 9.84 Å². The molecular weight excluding hydrogens is 368 g/mol. The maximum atomic E-state index is 12.0. The van der Waals surface area contributed by atoms with Crippen LogP contribution in [0.25, 0.3) is 22.4 Å². The van der Waals surface area contributed by atoms with Crippen LogP contribution in [0.2, 0.25) is 0 Å². The Morgan fingerprint density at radius 2 is 1.96 bits per heavy atom. The van der Waals surface area contributed by atoms with Crippen LogP contribution in [0, 0.1) is 0 Å². The smallest absolute Gasteiger partial charge is 0.243 e. The normalized spacial score (nSPS) is 11.7. The number of benzene rings is 1. The van der Waals surface area contributed by atoms with Crippen molar-refractivity contribution in [3.05, 3.63) is 23.9 Å². The van der Waals surface area contributed by atoms with Gasteiger partial charge in [0.2, 0.25) is 5.88 Å². The average molecular weight is 390 g/mol. The lowest BCUT2D eigenvalue weighted by atomic mass is 10.1. The minimum Gasteiger partial charge on any atom is -0.493 e. The summed E-state index contributed by atoms with van der Waals surface area (Å²) in [6, 6.07) is 4.69. The molecule has 0 amide bonds. The van der Waals surface area contributed by atoms with Crippen molar-refractivity contribution in [1.29, 1.82) is 0 Å². The summed E-state index contributed by atoms with van der Waals surface area (Å²) < 4.78 is 35.2. The Hall–Kier alpha value is -2.68. The first-order valence-electron chi connectivity index (χ1n) is 8.65. The van der Waals surface area contributed by atoms with Crippen LogP contribution < -0.4 is 9.47 Å². The maximum Gasteiger partial charge on any atom is 0.243 e. The van der Waals surface area contributed by atoms with Crippen molar-refractivity contribution in [3.63, 3.8) is 0 Å². The molecule has 0 saturated carbocycles. The minimum absolute atomic E-state index is 0.173. The fourth-order valence-corrected chi connectivity index (χ4v) is 3.34. The van der Waals surface area contributed by atoms with Gasteiger partial charge in [0.25, 0.3) is 0 Å². The summed E-state index contributed by atoms with van der Waals surface area (Å²) in [5, 5.41) is 7.15. The first-order valence-corrected chi connectivity index (χ1v) is 10.5. The lowest BCUT2D eigenvalue weighted by Crippen LogP contribution is -2.03. The lowest BCUT2D eigenvalue weighted by Gasteiger charge is -2.12. The van der Waals surface area contributed by atoms with Crippen molar-refractivity contribution in [2.45, 2.75) is 31.6 Å². The number of aryl methyl sites for hydroxylation is 1. The Balaban J connectivity index is 2.27. The Kier molecular flexibility index (Phi) is 5.31. The molecule has 0 aliphatic carbocycles. The highest BCUT2D eigenvalue weighted by atomic mass is 32.2. The number of ether oxygens (including phenoxy) is 2. The zero-order valence-corrected chi connectivity index (χ0v) is 16.6. The number of H-pyrrole nitrogens is 1. The Morgan fingerprint density at radius 1 is 1.19 bits per heavy atom. The van der Waals surface area contributed by atoms with Gasteiger partial charge < -0.3 is 9.47 Å². The van der Waals surface area contributed by atoms with Crippen molar-refractivity contribution in [2.75, 3.05) is 20.0 Å². The largest absolute Gasteiger partial charge is 0.493 e. The van der Waals surface area contributed by atoms with E-state index in [4.69, 9.17) is 9.47 Å². The third-order valence-electron chi connectivity index (χ3n) is 4.06. The predicted molar refractivity (Wildman–Crippen MR) is 102 cm³/mol. The number of fused-ring (bicyclic) bond motifs is 1. The van der Waals surface area contributed by atoms with E-state index in [2.05, 4.69) is 20.2 Å². The predicted octanol–water partition coefficient (Wildman–Crippen LogP) is 2.78. The quantitative estimate of drug-likeness (QED) is 0.661. The van der Waals surface area contributed by atoms with E-state index in [1.165, 1.54) is 19.2 Å². The molecule has 1 aromatic carbocycles. The molecule has 0 spiro atoms. The van der Waals surface area contributed by atoms with Gasteiger partial charge in [0.1, 0.15) is 16.8 Å². The first kappa shape index (κ1) is 19.1. The zero-order valence-electron chi connectivity index (χ0n) is 15.7. The molecule has 9 heteroatoms. The van der Waals surface area contributed by atoms with Gasteiger partial charge in [-0.15, -0.1) is 0 Å². The minimum atomic E-state index is -3.39. The molecule has 0 unspecified atom stereocenters. The number of nitrogens with zero attached hydrogens (tertiary/aromatic N) is 3. The molecule has 0 fully saturated rings. The summed E-state index contributed by atoms with van der Waals surface area (Å²) in [5.41, 5.74) is 2.52. The number of aromatic amines is 1. The Labute approximate surface area is 157 Å². The summed E-state index contributed by atoms with van der Waals surface area (Å²) in [6.45, 7) is 4.47. The fourth-order valence-electron chi connectivity index (χ4n) is 2.69. The van der Waals surface area contributed by atoms with E-state index in [1.54, 1.807) is 6.07 Å². The molecule has 3 aromatic rings. The summed E-state index contributed by atoms with van der Waals surface area (Å²) in [6.07, 6.45) is 2.66. The van der Waals surface area contributed by atoms with Gasteiger partial charge in [-0.1, -0.05) is 13.8 Å². The van der Waals surface area contributed by atoms with E-state index in [-0.39, 0.29) is 4.90 Å². The molecule has 1 N–H and O–H groups in total. The highest BCUT2D eigenvalue weighted by molar-refractivity contribution is 7.90. The van der Waals surface area contributed by atoms with Crippen LogP contribution >= 0.6 is 0 Å². The monoisotopic (exact) mass is 390 g/mol. The number of hydrogen-bond donors (Lipinski definition) is 1. The molecule has 0 aliphatic heterocycles. The van der Waals surface area contributed by atoms with E-state index in [1.807, 2.05) is 13.8 Å². The maximum absolute atomic E-state index is 12.0. The van der Waals surface area contributed by atoms with Crippen LogP contribution in [-0.4, -0.2) is 48.6 Å². The van der Waals surface area contributed by atoms with Crippen LogP contribution in [-0.2, 0) is 16.3 Å². The van der Waals surface area contributed by atoms with Crippen LogP contribution in [0.3, 0.4) is 0 Å². The molecular formula is C18H22N4O4S. The van der Waals surface area contributed by atoms with E-state index >= 15 is 0 Å². The van der Waals surface area contributed by atoms with Crippen LogP contribution in [0.15, 0.2) is 23.1 Å². The number of rotatable bonds is 7. The second-order valence-corrected chi connectivity index (χ2v) is 8.10. The van der Waals surface area contributed by atoms with Gasteiger partial charge in [-0.05, 0) is 31.0 Å². The number of sulfone groups is 1. The number of nitrogens with one attached hydrogen (secondary N) is 1. The van der Waals surface area contributed by atoms with E-state index in [0.717, 1.165) is 18.4 Å². The topological polar surface area (TPSA) is 107 Å². The van der Waals surface area contributed by atoms with Crippen LogP contribution in [0.1, 0.15) is 26.0 Å². The molecule has 0 aliphatic rings. The van der Waals surface area contributed by atoms with Gasteiger partial charge >= 0.3 is 0 Å². The van der Waals surface area contributed by atoms with Crippen LogP contribution in [0.4, 0.5) is 0 Å². The molecule has 2 heterocycles. The third kappa shape index (κ3) is 3.73. The summed E-state index contributed by atoms with van der Waals surface area (Å²) in [5.74, 6) is 1.19. The molecule has 2 aromatic heterocycles. The average Bonchev–Trinajstić information content (AvgIpc) is 3.07. The lowest BCUT2D eigenvalue weighted by molar-refractivity contribution is 0.318. The SMILES string of the molecule is CCCOc1ccc(S(C)(=O)=O)cc1-c1nc(OC)c2[nH]nc(CC)c2n1. The fraction of sp³-hybridized carbons (Fsp3) is 0.389. The summed E-state index contributed by atoms with van der Waals surface area (Å²) >= 11 is 0. The molecule has 0 saturated heterocycles.